The quantitative estimate of drug-likeness (QED) is 0.194. The van der Waals surface area contributed by atoms with Gasteiger partial charge in [-0.2, -0.15) is 0 Å². The molecule has 0 saturated carbocycles. The lowest BCUT2D eigenvalue weighted by Crippen LogP contribution is -2.49. The summed E-state index contributed by atoms with van der Waals surface area (Å²) in [5.74, 6) is 0. The zero-order chi connectivity index (χ0) is 18.0. The van der Waals surface area contributed by atoms with Crippen LogP contribution >= 0.6 is 6.36 Å². The highest BCUT2D eigenvalue weighted by Gasteiger charge is 2.61. The summed E-state index contributed by atoms with van der Waals surface area (Å²) in [5, 5.41) is 1.47. The second-order valence-electron chi connectivity index (χ2n) is 8.08. The first-order valence-corrected chi connectivity index (χ1v) is 19.2. The van der Waals surface area contributed by atoms with Crippen molar-refractivity contribution in [1.82, 2.24) is 0 Å². The zero-order valence-electron chi connectivity index (χ0n) is 15.6. The number of para-hydroxylation sites is 1. The van der Waals surface area contributed by atoms with Crippen LogP contribution in [0.3, 0.4) is 0 Å². The van der Waals surface area contributed by atoms with E-state index in [1.165, 1.54) is 5.30 Å². The molecule has 0 heterocycles. The average molecular weight is 390 g/mol. The molecular formula is C19H28NPSSi2. The number of benzene rings is 2. The molecule has 0 spiro atoms. The fraction of sp³-hybridized carbons (Fsp3) is 0.316. The lowest BCUT2D eigenvalue weighted by atomic mass is 10.3. The second-order valence-corrected chi connectivity index (χ2v) is 33.1. The van der Waals surface area contributed by atoms with Crippen molar-refractivity contribution < 1.29 is 0 Å². The van der Waals surface area contributed by atoms with Gasteiger partial charge in [-0.05, 0) is 63.5 Å². The van der Waals surface area contributed by atoms with E-state index in [2.05, 4.69) is 81.7 Å². The smallest absolute Gasteiger partial charge is 0.218 e. The minimum absolute atomic E-state index is 0.984. The summed E-state index contributed by atoms with van der Waals surface area (Å²) >= 11 is 6.10. The van der Waals surface area contributed by atoms with Gasteiger partial charge in [0, 0.05) is 11.1 Å². The van der Waals surface area contributed by atoms with Gasteiger partial charge in [0.05, 0.1) is 11.0 Å². The van der Waals surface area contributed by atoms with E-state index >= 15 is 0 Å². The fourth-order valence-corrected chi connectivity index (χ4v) is 48.4. The summed E-state index contributed by atoms with van der Waals surface area (Å²) in [7, 11) is -3.18. The summed E-state index contributed by atoms with van der Waals surface area (Å²) in [6.07, 6.45) is -1.63. The predicted molar refractivity (Wildman–Crippen MR) is 121 cm³/mol. The number of nitrogens with zero attached hydrogens (tertiary/aromatic N) is 1. The van der Waals surface area contributed by atoms with E-state index in [4.69, 9.17) is 17.6 Å². The van der Waals surface area contributed by atoms with Crippen molar-refractivity contribution in [3.63, 3.8) is 0 Å². The lowest BCUT2D eigenvalue weighted by Gasteiger charge is -2.48. The van der Waals surface area contributed by atoms with Crippen LogP contribution in [0.15, 0.2) is 65.7 Å². The molecule has 128 valence electrons. The summed E-state index contributed by atoms with van der Waals surface area (Å²) in [5.41, 5.74) is 0.985. The van der Waals surface area contributed by atoms with E-state index in [9.17, 15) is 0 Å². The molecule has 24 heavy (non-hydrogen) atoms. The van der Waals surface area contributed by atoms with Gasteiger partial charge in [-0.15, -0.1) is 0 Å². The summed E-state index contributed by atoms with van der Waals surface area (Å²) in [6, 6.07) is 21.2. The van der Waals surface area contributed by atoms with Gasteiger partial charge in [0.2, 0.25) is 15.5 Å². The molecule has 0 saturated heterocycles. The van der Waals surface area contributed by atoms with E-state index in [1.54, 1.807) is 0 Å². The normalized spacial score (nSPS) is 13.8. The molecule has 0 bridgehead atoms. The maximum atomic E-state index is 6.10. The molecule has 0 aliphatic heterocycles. The first kappa shape index (κ1) is 19.5. The SMILES string of the molecule is C[Si](C)(C)[P+](C([S-])=Nc1ccccc1)(c1ccccc1)[Si](C)(C)C. The van der Waals surface area contributed by atoms with Crippen molar-refractivity contribution in [2.24, 2.45) is 4.99 Å². The van der Waals surface area contributed by atoms with Crippen LogP contribution in [0, 0.1) is 0 Å². The van der Waals surface area contributed by atoms with Gasteiger partial charge in [0.15, 0.2) is 0 Å². The van der Waals surface area contributed by atoms with Gasteiger partial charge in [-0.1, -0.05) is 36.4 Å². The van der Waals surface area contributed by atoms with E-state index in [0.29, 0.717) is 0 Å². The van der Waals surface area contributed by atoms with E-state index in [0.717, 1.165) is 10.5 Å². The minimum Gasteiger partial charge on any atom is -0.723 e. The molecular weight excluding hydrogens is 361 g/mol. The Morgan fingerprint density at radius 3 is 1.58 bits per heavy atom. The number of hydrogen-bond donors (Lipinski definition) is 0. The molecule has 1 nitrogen and oxygen atoms in total. The maximum absolute atomic E-state index is 6.10. The first-order valence-electron chi connectivity index (χ1n) is 8.37. The number of hydrogen-bond acceptors (Lipinski definition) is 2. The van der Waals surface area contributed by atoms with Crippen molar-refractivity contribution in [2.75, 3.05) is 0 Å². The molecule has 0 aromatic heterocycles. The molecule has 0 unspecified atom stereocenters. The Labute approximate surface area is 155 Å². The Morgan fingerprint density at radius 2 is 1.17 bits per heavy atom. The van der Waals surface area contributed by atoms with Gasteiger partial charge in [-0.25, -0.2) is 4.99 Å². The van der Waals surface area contributed by atoms with Crippen LogP contribution < -0.4 is 5.30 Å². The molecule has 0 radical (unpaired) electrons. The van der Waals surface area contributed by atoms with Gasteiger partial charge in [-0.3, -0.25) is 0 Å². The number of rotatable bonds is 5. The molecule has 0 aliphatic rings. The van der Waals surface area contributed by atoms with Crippen molar-refractivity contribution in [3.8, 4) is 0 Å². The average Bonchev–Trinajstić information content (AvgIpc) is 2.47. The highest BCUT2D eigenvalue weighted by atomic mass is 32.1. The largest absolute Gasteiger partial charge is 0.723 e. The third-order valence-corrected chi connectivity index (χ3v) is 39.1. The van der Waals surface area contributed by atoms with Crippen LogP contribution in [0.5, 0.6) is 0 Å². The topological polar surface area (TPSA) is 12.4 Å². The minimum atomic E-state index is -1.63. The molecule has 5 heteroatoms. The predicted octanol–water partition coefficient (Wildman–Crippen LogP) is 6.23. The van der Waals surface area contributed by atoms with Crippen molar-refractivity contribution in [1.29, 1.82) is 0 Å². The molecule has 0 fully saturated rings. The lowest BCUT2D eigenvalue weighted by molar-refractivity contribution is 1.55. The maximum Gasteiger partial charge on any atom is 0.218 e. The Hall–Kier alpha value is -0.806. The van der Waals surface area contributed by atoms with E-state index in [1.807, 2.05) is 18.2 Å². The van der Waals surface area contributed by atoms with Crippen molar-refractivity contribution in [2.45, 2.75) is 39.3 Å². The molecule has 2 rings (SSSR count). The third-order valence-electron chi connectivity index (χ3n) is 4.42. The molecule has 0 atom stereocenters. The first-order chi connectivity index (χ1) is 11.1. The van der Waals surface area contributed by atoms with Crippen LogP contribution in [-0.2, 0) is 12.6 Å². The van der Waals surface area contributed by atoms with Gasteiger partial charge < -0.3 is 12.6 Å². The summed E-state index contributed by atoms with van der Waals surface area (Å²) in [6.45, 7) is 14.9. The number of aliphatic imine (C=N–C) groups is 1. The highest BCUT2D eigenvalue weighted by Crippen LogP contribution is 2.72. The second kappa shape index (κ2) is 7.21. The Kier molecular flexibility index (Phi) is 5.86. The molecule has 2 aromatic carbocycles. The van der Waals surface area contributed by atoms with Crippen molar-refractivity contribution >= 4 is 50.2 Å². The third kappa shape index (κ3) is 3.57. The van der Waals surface area contributed by atoms with Crippen LogP contribution in [0.1, 0.15) is 0 Å². The van der Waals surface area contributed by atoms with E-state index in [-0.39, 0.29) is 0 Å². The van der Waals surface area contributed by atoms with Crippen LogP contribution in [0.2, 0.25) is 39.3 Å². The van der Waals surface area contributed by atoms with Gasteiger partial charge in [0.25, 0.3) is 0 Å². The van der Waals surface area contributed by atoms with Gasteiger partial charge >= 0.3 is 0 Å². The monoisotopic (exact) mass is 389 g/mol. The highest BCUT2D eigenvalue weighted by molar-refractivity contribution is 8.48. The Balaban J connectivity index is 2.78. The van der Waals surface area contributed by atoms with E-state index < -0.39 is 21.8 Å². The summed E-state index contributed by atoms with van der Waals surface area (Å²) < 4.78 is 0. The summed E-state index contributed by atoms with van der Waals surface area (Å²) in [4.78, 5) is 5.98. The Morgan fingerprint density at radius 1 is 0.750 bits per heavy atom. The Bertz CT molecular complexity index is 690. The molecule has 0 N–H and O–H groups in total. The van der Waals surface area contributed by atoms with Crippen LogP contribution in [0.25, 0.3) is 0 Å². The molecule has 2 aromatic rings. The van der Waals surface area contributed by atoms with Crippen LogP contribution in [0.4, 0.5) is 5.69 Å². The fourth-order valence-electron chi connectivity index (χ4n) is 3.80. The zero-order valence-corrected chi connectivity index (χ0v) is 19.3. The van der Waals surface area contributed by atoms with Crippen LogP contribution in [-0.4, -0.2) is 20.3 Å². The van der Waals surface area contributed by atoms with Crippen molar-refractivity contribution in [3.05, 3.63) is 60.7 Å². The van der Waals surface area contributed by atoms with Gasteiger partial charge in [0.1, 0.15) is 0 Å². The molecule has 0 amide bonds. The molecule has 0 aliphatic carbocycles. The standard InChI is InChI=1S/C19H28NPSSi2/c1-23(2,3)21(24(4,5)6,18-15-11-8-12-16-18)19(22)20-17-13-9-7-10-14-17/h7-16H,1-6H3.